The molecule has 1 N–H and O–H groups in total. The summed E-state index contributed by atoms with van der Waals surface area (Å²) in [6, 6.07) is 16.5. The van der Waals surface area contributed by atoms with E-state index in [-0.39, 0.29) is 11.0 Å². The van der Waals surface area contributed by atoms with Gasteiger partial charge in [-0.05, 0) is 74.3 Å². The lowest BCUT2D eigenvalue weighted by Crippen LogP contribution is -2.36. The number of hydrogen-bond donors (Lipinski definition) is 1. The first-order chi connectivity index (χ1) is 20.9. The van der Waals surface area contributed by atoms with Crippen molar-refractivity contribution in [2.45, 2.75) is 30.8 Å². The summed E-state index contributed by atoms with van der Waals surface area (Å²) in [7, 11) is -3.93. The van der Waals surface area contributed by atoms with Crippen molar-refractivity contribution < 1.29 is 17.9 Å². The van der Waals surface area contributed by atoms with E-state index < -0.39 is 10.0 Å². The molecule has 2 aromatic carbocycles. The van der Waals surface area contributed by atoms with Gasteiger partial charge in [0.2, 0.25) is 0 Å². The van der Waals surface area contributed by atoms with Gasteiger partial charge in [0, 0.05) is 43.0 Å². The third-order valence-corrected chi connectivity index (χ3v) is 9.64. The molecule has 0 atom stereocenters. The summed E-state index contributed by atoms with van der Waals surface area (Å²) >= 11 is 0. The Kier molecular flexibility index (Phi) is 8.58. The van der Waals surface area contributed by atoms with E-state index in [4.69, 9.17) is 9.47 Å². The average Bonchev–Trinajstić information content (AvgIpc) is 3.42. The zero-order valence-electron chi connectivity index (χ0n) is 24.2. The van der Waals surface area contributed by atoms with Crippen molar-refractivity contribution in [3.05, 3.63) is 83.7 Å². The van der Waals surface area contributed by atoms with Gasteiger partial charge >= 0.3 is 0 Å². The van der Waals surface area contributed by atoms with Gasteiger partial charge in [0.1, 0.15) is 17.9 Å². The van der Waals surface area contributed by atoms with Gasteiger partial charge in [-0.1, -0.05) is 35.9 Å². The van der Waals surface area contributed by atoms with Crippen LogP contribution in [0.5, 0.6) is 5.75 Å². The maximum atomic E-state index is 13.9. The Bertz CT molecular complexity index is 1780. The highest BCUT2D eigenvalue weighted by molar-refractivity contribution is 7.90. The summed E-state index contributed by atoms with van der Waals surface area (Å²) in [4.78, 5) is 7.14. The second-order valence-electron chi connectivity index (χ2n) is 11.0. The number of hydrogen-bond acceptors (Lipinski definition) is 8. The maximum absolute atomic E-state index is 13.9. The lowest BCUT2D eigenvalue weighted by molar-refractivity contribution is 0.0435. The number of piperidine rings is 1. The molecule has 2 aliphatic rings. The van der Waals surface area contributed by atoms with Crippen molar-refractivity contribution in [1.29, 1.82) is 5.26 Å². The second-order valence-corrected chi connectivity index (χ2v) is 12.8. The second kappa shape index (κ2) is 12.7. The van der Waals surface area contributed by atoms with Crippen molar-refractivity contribution in [3.63, 3.8) is 0 Å². The highest BCUT2D eigenvalue weighted by atomic mass is 32.2. The van der Waals surface area contributed by atoms with Gasteiger partial charge in [-0.2, -0.15) is 5.26 Å². The minimum Gasteiger partial charge on any atom is -0.489 e. The molecule has 0 unspecified atom stereocenters. The molecule has 2 saturated heterocycles. The maximum Gasteiger partial charge on any atom is 0.269 e. The Labute approximate surface area is 252 Å². The Morgan fingerprint density at radius 1 is 1.12 bits per heavy atom. The van der Waals surface area contributed by atoms with Crippen LogP contribution in [0.1, 0.15) is 29.5 Å². The van der Waals surface area contributed by atoms with E-state index in [1.807, 2.05) is 31.2 Å². The van der Waals surface area contributed by atoms with Crippen LogP contribution in [0.25, 0.3) is 28.2 Å². The third-order valence-electron chi connectivity index (χ3n) is 7.98. The molecule has 43 heavy (non-hydrogen) atoms. The number of morpholine rings is 1. The zero-order valence-corrected chi connectivity index (χ0v) is 25.0. The summed E-state index contributed by atoms with van der Waals surface area (Å²) in [5.74, 6) is 0.541. The van der Waals surface area contributed by atoms with Gasteiger partial charge in [-0.15, -0.1) is 0 Å². The van der Waals surface area contributed by atoms with Crippen molar-refractivity contribution in [3.8, 4) is 22.9 Å². The monoisotopic (exact) mass is 597 g/mol. The molecule has 2 aromatic heterocycles. The van der Waals surface area contributed by atoms with Gasteiger partial charge in [0.15, 0.2) is 5.65 Å². The molecule has 2 aliphatic heterocycles. The summed E-state index contributed by atoms with van der Waals surface area (Å²) in [6.07, 6.45) is 9.21. The van der Waals surface area contributed by atoms with Crippen LogP contribution in [0.2, 0.25) is 0 Å². The molecular weight excluding hydrogens is 562 g/mol. The minimum atomic E-state index is -3.93. The van der Waals surface area contributed by atoms with Crippen molar-refractivity contribution in [1.82, 2.24) is 19.2 Å². The van der Waals surface area contributed by atoms with Gasteiger partial charge in [0.05, 0.1) is 23.7 Å². The molecule has 0 radical (unpaired) electrons. The van der Waals surface area contributed by atoms with Crippen LogP contribution in [0.15, 0.2) is 71.9 Å². The summed E-state index contributed by atoms with van der Waals surface area (Å²) in [5.41, 5.74) is 3.96. The number of aryl methyl sites for hydroxylation is 1. The van der Waals surface area contributed by atoms with Crippen molar-refractivity contribution >= 4 is 27.1 Å². The molecule has 2 fully saturated rings. The van der Waals surface area contributed by atoms with E-state index in [1.54, 1.807) is 42.7 Å². The first-order valence-corrected chi connectivity index (χ1v) is 16.1. The van der Waals surface area contributed by atoms with Crippen molar-refractivity contribution in [2.75, 3.05) is 45.9 Å². The molecule has 0 aliphatic carbocycles. The van der Waals surface area contributed by atoms with Crippen molar-refractivity contribution in [2.24, 2.45) is 0 Å². The average molecular weight is 598 g/mol. The Morgan fingerprint density at radius 3 is 2.63 bits per heavy atom. The number of nitrogens with zero attached hydrogens (tertiary/aromatic N) is 4. The SMILES string of the molecule is Cc1ccc(S(=O)(=O)n2cc(-c3ccc(OC4CCNCC4)c(C#N)c3)c3cc(C=CCN4CCOCC4)cnc32)cc1. The number of rotatable bonds is 8. The van der Waals surface area contributed by atoms with Crippen LogP contribution >= 0.6 is 0 Å². The first-order valence-electron chi connectivity index (χ1n) is 14.6. The number of aromatic nitrogens is 2. The molecular formula is C33H35N5O4S. The van der Waals surface area contributed by atoms with Crippen LogP contribution < -0.4 is 10.1 Å². The number of ether oxygens (including phenoxy) is 2. The smallest absolute Gasteiger partial charge is 0.269 e. The van der Waals surface area contributed by atoms with Gasteiger partial charge in [-0.3, -0.25) is 4.90 Å². The highest BCUT2D eigenvalue weighted by Crippen LogP contribution is 2.35. The van der Waals surface area contributed by atoms with E-state index >= 15 is 0 Å². The molecule has 0 saturated carbocycles. The van der Waals surface area contributed by atoms with Crippen LogP contribution in [-0.2, 0) is 14.8 Å². The summed E-state index contributed by atoms with van der Waals surface area (Å²) < 4.78 is 40.6. The van der Waals surface area contributed by atoms with Gasteiger partial charge < -0.3 is 14.8 Å². The molecule has 6 rings (SSSR count). The molecule has 0 spiro atoms. The quantitative estimate of drug-likeness (QED) is 0.314. The predicted molar refractivity (Wildman–Crippen MR) is 166 cm³/mol. The lowest BCUT2D eigenvalue weighted by atomic mass is 10.0. The Hall–Kier alpha value is -4.01. The third kappa shape index (κ3) is 6.36. The minimum absolute atomic E-state index is 0.0526. The number of benzene rings is 2. The summed E-state index contributed by atoms with van der Waals surface area (Å²) in [5, 5.41) is 14.0. The van der Waals surface area contributed by atoms with Crippen LogP contribution in [0.4, 0.5) is 0 Å². The standard InChI is InChI=1S/C33H35N5O4S/c1-24-4-7-29(8-5-24)43(39,40)38-23-31(26-6-9-32(27(20-26)21-34)42-28-10-12-35-13-11-28)30-19-25(22-36-33(30)38)3-2-14-37-15-17-41-18-16-37/h2-9,19-20,22-23,28,35H,10-18H2,1H3. The van der Waals surface area contributed by atoms with Gasteiger partial charge in [-0.25, -0.2) is 17.4 Å². The summed E-state index contributed by atoms with van der Waals surface area (Å²) in [6.45, 7) is 7.74. The fraction of sp³-hybridized carbons (Fsp3) is 0.333. The topological polar surface area (TPSA) is 109 Å². The molecule has 0 bridgehead atoms. The Balaban J connectivity index is 1.40. The first kappa shape index (κ1) is 29.1. The van der Waals surface area contributed by atoms with Crippen LogP contribution in [0, 0.1) is 18.3 Å². The molecule has 10 heteroatoms. The molecule has 4 aromatic rings. The highest BCUT2D eigenvalue weighted by Gasteiger charge is 2.24. The molecule has 4 heterocycles. The zero-order chi connectivity index (χ0) is 29.8. The van der Waals surface area contributed by atoms with E-state index in [1.165, 1.54) is 3.97 Å². The molecule has 0 amide bonds. The van der Waals surface area contributed by atoms with E-state index in [0.29, 0.717) is 33.5 Å². The van der Waals surface area contributed by atoms with E-state index in [2.05, 4.69) is 27.3 Å². The number of pyridine rings is 1. The molecule has 9 nitrogen and oxygen atoms in total. The fourth-order valence-corrected chi connectivity index (χ4v) is 6.85. The largest absolute Gasteiger partial charge is 0.489 e. The lowest BCUT2D eigenvalue weighted by Gasteiger charge is -2.25. The predicted octanol–water partition coefficient (Wildman–Crippen LogP) is 4.60. The van der Waals surface area contributed by atoms with E-state index in [0.717, 1.165) is 69.9 Å². The Morgan fingerprint density at radius 2 is 1.88 bits per heavy atom. The number of nitriles is 1. The normalized spacial score (nSPS) is 16.9. The van der Waals surface area contributed by atoms with Gasteiger partial charge in [0.25, 0.3) is 10.0 Å². The number of fused-ring (bicyclic) bond motifs is 1. The fourth-order valence-electron chi connectivity index (χ4n) is 5.53. The van der Waals surface area contributed by atoms with Crippen LogP contribution in [-0.4, -0.2) is 74.3 Å². The van der Waals surface area contributed by atoms with E-state index in [9.17, 15) is 13.7 Å². The van der Waals surface area contributed by atoms with Crippen LogP contribution in [0.3, 0.4) is 0 Å². The number of nitrogens with one attached hydrogen (secondary N) is 1. The molecule has 222 valence electrons.